The van der Waals surface area contributed by atoms with Crippen molar-refractivity contribution in [2.24, 2.45) is 5.92 Å². The van der Waals surface area contributed by atoms with Crippen LogP contribution in [-0.2, 0) is 0 Å². The summed E-state index contributed by atoms with van der Waals surface area (Å²) in [6, 6.07) is 2.24. The van der Waals surface area contributed by atoms with Gasteiger partial charge in [0.25, 0.3) is 0 Å². The third kappa shape index (κ3) is 5.27. The molecule has 1 rings (SSSR count). The number of hydrogen-bond acceptors (Lipinski definition) is 2. The molecule has 1 aliphatic carbocycles. The van der Waals surface area contributed by atoms with Gasteiger partial charge in [-0.15, -0.1) is 0 Å². The summed E-state index contributed by atoms with van der Waals surface area (Å²) < 4.78 is 0. The van der Waals surface area contributed by atoms with Gasteiger partial charge in [0, 0.05) is 18.1 Å². The van der Waals surface area contributed by atoms with E-state index in [0.29, 0.717) is 12.1 Å². The van der Waals surface area contributed by atoms with Crippen molar-refractivity contribution in [1.29, 1.82) is 0 Å². The van der Waals surface area contributed by atoms with Crippen molar-refractivity contribution in [1.82, 2.24) is 10.2 Å². The van der Waals surface area contributed by atoms with E-state index in [1.807, 2.05) is 0 Å². The summed E-state index contributed by atoms with van der Waals surface area (Å²) in [5, 5.41) is 3.73. The molecule has 1 fully saturated rings. The predicted molar refractivity (Wildman–Crippen MR) is 81.0 cm³/mol. The maximum absolute atomic E-state index is 3.73. The van der Waals surface area contributed by atoms with Crippen LogP contribution in [0.15, 0.2) is 0 Å². The van der Waals surface area contributed by atoms with Crippen molar-refractivity contribution in [3.8, 4) is 0 Å². The number of nitrogens with zero attached hydrogens (tertiary/aromatic N) is 1. The lowest BCUT2D eigenvalue weighted by molar-refractivity contribution is 0.149. The van der Waals surface area contributed by atoms with Gasteiger partial charge in [0.1, 0.15) is 0 Å². The fraction of sp³-hybridized carbons (Fsp3) is 1.00. The van der Waals surface area contributed by atoms with Crippen LogP contribution in [0.4, 0.5) is 0 Å². The summed E-state index contributed by atoms with van der Waals surface area (Å²) in [7, 11) is 0. The highest BCUT2D eigenvalue weighted by atomic mass is 15.2. The van der Waals surface area contributed by atoms with E-state index in [4.69, 9.17) is 0 Å². The minimum atomic E-state index is 0.665. The van der Waals surface area contributed by atoms with Gasteiger partial charge >= 0.3 is 0 Å². The second-order valence-corrected chi connectivity index (χ2v) is 6.36. The summed E-state index contributed by atoms with van der Waals surface area (Å²) in [6.07, 6.45) is 6.66. The summed E-state index contributed by atoms with van der Waals surface area (Å²) in [6.45, 7) is 14.1. The molecular formula is C16H34N2. The number of nitrogens with one attached hydrogen (secondary N) is 1. The Labute approximate surface area is 115 Å². The molecule has 0 aromatic carbocycles. The van der Waals surface area contributed by atoms with Crippen LogP contribution in [-0.4, -0.2) is 36.1 Å². The predicted octanol–water partition coefficient (Wildman–Crippen LogP) is 3.66. The summed E-state index contributed by atoms with van der Waals surface area (Å²) in [5.41, 5.74) is 0. The van der Waals surface area contributed by atoms with E-state index in [-0.39, 0.29) is 0 Å². The lowest BCUT2D eigenvalue weighted by atomic mass is 10.0. The average molecular weight is 254 g/mol. The molecule has 2 unspecified atom stereocenters. The Morgan fingerprint density at radius 1 is 1.17 bits per heavy atom. The fourth-order valence-corrected chi connectivity index (χ4v) is 2.75. The Bertz CT molecular complexity index is 211. The first-order valence-electron chi connectivity index (χ1n) is 8.09. The Balaban J connectivity index is 2.48. The normalized spacial score (nSPS) is 19.5. The van der Waals surface area contributed by atoms with Gasteiger partial charge in [-0.25, -0.2) is 0 Å². The van der Waals surface area contributed by atoms with E-state index in [9.17, 15) is 0 Å². The van der Waals surface area contributed by atoms with Gasteiger partial charge in [0.15, 0.2) is 0 Å². The Kier molecular flexibility index (Phi) is 7.25. The molecule has 0 aromatic heterocycles. The maximum Gasteiger partial charge on any atom is 0.0223 e. The molecule has 2 heteroatoms. The van der Waals surface area contributed by atoms with Crippen LogP contribution in [0.2, 0.25) is 0 Å². The lowest BCUT2D eigenvalue weighted by Gasteiger charge is -2.35. The molecule has 0 bridgehead atoms. The summed E-state index contributed by atoms with van der Waals surface area (Å²) in [4.78, 5) is 2.77. The van der Waals surface area contributed by atoms with Crippen molar-refractivity contribution in [3.05, 3.63) is 0 Å². The zero-order valence-electron chi connectivity index (χ0n) is 13.2. The topological polar surface area (TPSA) is 15.3 Å². The van der Waals surface area contributed by atoms with Gasteiger partial charge in [0.05, 0.1) is 0 Å². The molecule has 0 spiro atoms. The second-order valence-electron chi connectivity index (χ2n) is 6.36. The van der Waals surface area contributed by atoms with Crippen molar-refractivity contribution >= 4 is 0 Å². The smallest absolute Gasteiger partial charge is 0.0223 e. The Hall–Kier alpha value is -0.0800. The first-order valence-corrected chi connectivity index (χ1v) is 8.09. The summed E-state index contributed by atoms with van der Waals surface area (Å²) >= 11 is 0. The molecule has 0 amide bonds. The number of rotatable bonds is 10. The van der Waals surface area contributed by atoms with E-state index < -0.39 is 0 Å². The maximum atomic E-state index is 3.73. The molecule has 108 valence electrons. The average Bonchev–Trinajstić information content (AvgIpc) is 3.14. The molecule has 0 heterocycles. The third-order valence-corrected chi connectivity index (χ3v) is 4.18. The van der Waals surface area contributed by atoms with Gasteiger partial charge in [-0.3, -0.25) is 4.90 Å². The molecule has 0 aromatic rings. The van der Waals surface area contributed by atoms with E-state index in [0.717, 1.165) is 18.5 Å². The Morgan fingerprint density at radius 2 is 1.83 bits per heavy atom. The van der Waals surface area contributed by atoms with Gasteiger partial charge < -0.3 is 5.32 Å². The van der Waals surface area contributed by atoms with Crippen LogP contribution in [0, 0.1) is 5.92 Å². The quantitative estimate of drug-likeness (QED) is 0.640. The van der Waals surface area contributed by atoms with Gasteiger partial charge in [-0.05, 0) is 58.0 Å². The third-order valence-electron chi connectivity index (χ3n) is 4.18. The zero-order valence-corrected chi connectivity index (χ0v) is 13.2. The molecule has 1 saturated carbocycles. The minimum absolute atomic E-state index is 0.665. The van der Waals surface area contributed by atoms with E-state index in [1.165, 1.54) is 38.6 Å². The number of hydrogen-bond donors (Lipinski definition) is 1. The standard InChI is InChI=1S/C16H34N2/c1-6-11-17-16(7-2)14(5)18(15-8-9-15)12-10-13(3)4/h13-17H,6-12H2,1-5H3. The van der Waals surface area contributed by atoms with Crippen LogP contribution in [0.1, 0.15) is 66.7 Å². The van der Waals surface area contributed by atoms with Crippen molar-refractivity contribution in [2.45, 2.75) is 84.8 Å². The monoisotopic (exact) mass is 254 g/mol. The van der Waals surface area contributed by atoms with Gasteiger partial charge in [0.2, 0.25) is 0 Å². The van der Waals surface area contributed by atoms with Crippen molar-refractivity contribution in [2.75, 3.05) is 13.1 Å². The van der Waals surface area contributed by atoms with E-state index >= 15 is 0 Å². The van der Waals surface area contributed by atoms with Crippen LogP contribution in [0.5, 0.6) is 0 Å². The molecule has 2 nitrogen and oxygen atoms in total. The zero-order chi connectivity index (χ0) is 13.5. The highest BCUT2D eigenvalue weighted by Gasteiger charge is 2.34. The molecule has 0 saturated heterocycles. The summed E-state index contributed by atoms with van der Waals surface area (Å²) in [5.74, 6) is 0.821. The molecule has 1 aliphatic rings. The first-order chi connectivity index (χ1) is 8.60. The fourth-order valence-electron chi connectivity index (χ4n) is 2.75. The first kappa shape index (κ1) is 16.0. The van der Waals surface area contributed by atoms with Crippen LogP contribution in [0.3, 0.4) is 0 Å². The van der Waals surface area contributed by atoms with Crippen LogP contribution < -0.4 is 5.32 Å². The van der Waals surface area contributed by atoms with Crippen LogP contribution >= 0.6 is 0 Å². The molecular weight excluding hydrogens is 220 g/mol. The minimum Gasteiger partial charge on any atom is -0.312 e. The van der Waals surface area contributed by atoms with E-state index in [1.54, 1.807) is 0 Å². The van der Waals surface area contributed by atoms with Gasteiger partial charge in [-0.1, -0.05) is 27.7 Å². The second kappa shape index (κ2) is 8.16. The molecule has 0 radical (unpaired) electrons. The molecule has 1 N–H and O–H groups in total. The Morgan fingerprint density at radius 3 is 2.28 bits per heavy atom. The largest absolute Gasteiger partial charge is 0.312 e. The van der Waals surface area contributed by atoms with Crippen molar-refractivity contribution < 1.29 is 0 Å². The lowest BCUT2D eigenvalue weighted by Crippen LogP contribution is -2.49. The van der Waals surface area contributed by atoms with Gasteiger partial charge in [-0.2, -0.15) is 0 Å². The SMILES string of the molecule is CCCNC(CC)C(C)N(CCC(C)C)C1CC1. The molecule has 0 aliphatic heterocycles. The van der Waals surface area contributed by atoms with Crippen LogP contribution in [0.25, 0.3) is 0 Å². The van der Waals surface area contributed by atoms with Crippen molar-refractivity contribution in [3.63, 3.8) is 0 Å². The molecule has 18 heavy (non-hydrogen) atoms. The van der Waals surface area contributed by atoms with E-state index in [2.05, 4.69) is 44.8 Å². The highest BCUT2D eigenvalue weighted by molar-refractivity contribution is 4.91. The highest BCUT2D eigenvalue weighted by Crippen LogP contribution is 2.30. The molecule has 2 atom stereocenters.